The van der Waals surface area contributed by atoms with Crippen molar-refractivity contribution in [2.45, 2.75) is 33.2 Å². The summed E-state index contributed by atoms with van der Waals surface area (Å²) in [5.41, 5.74) is 3.44. The van der Waals surface area contributed by atoms with Crippen molar-refractivity contribution >= 4 is 34.0 Å². The van der Waals surface area contributed by atoms with Gasteiger partial charge in [-0.1, -0.05) is 36.7 Å². The number of carbonyl (C=O) groups is 2. The van der Waals surface area contributed by atoms with Crippen LogP contribution in [0, 0.1) is 11.7 Å². The average Bonchev–Trinajstić information content (AvgIpc) is 2.71. The molecule has 0 fully saturated rings. The highest BCUT2D eigenvalue weighted by Crippen LogP contribution is 2.22. The van der Waals surface area contributed by atoms with E-state index in [0.29, 0.717) is 17.9 Å². The van der Waals surface area contributed by atoms with Crippen LogP contribution in [0.25, 0.3) is 0 Å². The number of benzene rings is 2. The summed E-state index contributed by atoms with van der Waals surface area (Å²) >= 11 is 3.41. The molecule has 0 saturated carbocycles. The van der Waals surface area contributed by atoms with E-state index < -0.39 is 23.7 Å². The molecule has 30 heavy (non-hydrogen) atoms. The number of hydrazone groups is 1. The van der Waals surface area contributed by atoms with Crippen LogP contribution in [-0.2, 0) is 4.79 Å². The summed E-state index contributed by atoms with van der Waals surface area (Å²) in [6.45, 7) is 6.20. The van der Waals surface area contributed by atoms with E-state index in [2.05, 4.69) is 31.8 Å². The fraction of sp³-hybridized carbons (Fsp3) is 0.318. The first-order valence-electron chi connectivity index (χ1n) is 9.63. The summed E-state index contributed by atoms with van der Waals surface area (Å²) in [5.74, 6) is -0.881. The Morgan fingerprint density at radius 2 is 1.90 bits per heavy atom. The largest absolute Gasteiger partial charge is 0.493 e. The summed E-state index contributed by atoms with van der Waals surface area (Å²) in [5, 5.41) is 6.69. The summed E-state index contributed by atoms with van der Waals surface area (Å²) < 4.78 is 19.6. The number of rotatable bonds is 9. The smallest absolute Gasteiger partial charge is 0.262 e. The van der Waals surface area contributed by atoms with Crippen LogP contribution in [-0.4, -0.2) is 30.7 Å². The van der Waals surface area contributed by atoms with Crippen molar-refractivity contribution in [1.29, 1.82) is 0 Å². The normalized spacial score (nSPS) is 12.1. The lowest BCUT2D eigenvalue weighted by Crippen LogP contribution is -2.48. The molecule has 0 radical (unpaired) electrons. The number of nitrogens with one attached hydrogen (secondary N) is 2. The minimum atomic E-state index is -0.807. The third-order valence-corrected chi connectivity index (χ3v) is 4.65. The summed E-state index contributed by atoms with van der Waals surface area (Å²) in [4.78, 5) is 25.0. The number of hydrogen-bond acceptors (Lipinski definition) is 4. The standard InChI is InChI=1S/C22H25BrFN3O3/c1-4-11-30-19-10-7-17(23)12-16(19)13-25-27-22(29)20(14(2)3)26-21(28)15-5-8-18(24)9-6-15/h5-10,12-14,20H,4,11H2,1-3H3,(H,26,28)(H,27,29)/b25-13+. The predicted octanol–water partition coefficient (Wildman–Crippen LogP) is 4.28. The minimum Gasteiger partial charge on any atom is -0.493 e. The summed E-state index contributed by atoms with van der Waals surface area (Å²) in [7, 11) is 0. The van der Waals surface area contributed by atoms with Crippen LogP contribution in [0.3, 0.4) is 0 Å². The SMILES string of the molecule is CCCOc1ccc(Br)cc1/C=N/NC(=O)C(NC(=O)c1ccc(F)cc1)C(C)C. The molecule has 2 aromatic rings. The van der Waals surface area contributed by atoms with Gasteiger partial charge in [-0.15, -0.1) is 0 Å². The van der Waals surface area contributed by atoms with Crippen LogP contribution in [0.15, 0.2) is 52.0 Å². The Bertz CT molecular complexity index is 901. The van der Waals surface area contributed by atoms with Crippen molar-refractivity contribution in [3.63, 3.8) is 0 Å². The second kappa shape index (κ2) is 11.4. The van der Waals surface area contributed by atoms with Gasteiger partial charge in [-0.25, -0.2) is 9.82 Å². The first-order chi connectivity index (χ1) is 14.3. The highest BCUT2D eigenvalue weighted by atomic mass is 79.9. The van der Waals surface area contributed by atoms with Gasteiger partial charge in [-0.2, -0.15) is 5.10 Å². The van der Waals surface area contributed by atoms with Gasteiger partial charge in [-0.05, 0) is 54.8 Å². The topological polar surface area (TPSA) is 79.8 Å². The quantitative estimate of drug-likeness (QED) is 0.417. The Kier molecular flexibility index (Phi) is 8.98. The predicted molar refractivity (Wildman–Crippen MR) is 118 cm³/mol. The van der Waals surface area contributed by atoms with Crippen molar-refractivity contribution in [3.05, 3.63) is 63.9 Å². The van der Waals surface area contributed by atoms with Gasteiger partial charge in [0.2, 0.25) is 0 Å². The van der Waals surface area contributed by atoms with E-state index in [1.807, 2.05) is 39.0 Å². The van der Waals surface area contributed by atoms with Gasteiger partial charge in [-0.3, -0.25) is 9.59 Å². The lowest BCUT2D eigenvalue weighted by molar-refractivity contribution is -0.123. The Morgan fingerprint density at radius 1 is 1.20 bits per heavy atom. The molecule has 0 spiro atoms. The zero-order chi connectivity index (χ0) is 22.1. The summed E-state index contributed by atoms with van der Waals surface area (Å²) in [6.07, 6.45) is 2.36. The maximum Gasteiger partial charge on any atom is 0.262 e. The molecular formula is C22H25BrFN3O3. The van der Waals surface area contributed by atoms with E-state index in [9.17, 15) is 14.0 Å². The van der Waals surface area contributed by atoms with Gasteiger partial charge >= 0.3 is 0 Å². The van der Waals surface area contributed by atoms with E-state index in [4.69, 9.17) is 4.74 Å². The molecule has 6 nitrogen and oxygen atoms in total. The lowest BCUT2D eigenvalue weighted by atomic mass is 10.0. The van der Waals surface area contributed by atoms with Crippen LogP contribution in [0.2, 0.25) is 0 Å². The fourth-order valence-corrected chi connectivity index (χ4v) is 2.94. The maximum atomic E-state index is 13.0. The van der Waals surface area contributed by atoms with Gasteiger partial charge < -0.3 is 10.1 Å². The fourth-order valence-electron chi connectivity index (χ4n) is 2.56. The third-order valence-electron chi connectivity index (χ3n) is 4.15. The molecular weight excluding hydrogens is 453 g/mol. The monoisotopic (exact) mass is 477 g/mol. The minimum absolute atomic E-state index is 0.182. The molecule has 2 aromatic carbocycles. The number of halogens is 2. The molecule has 2 amide bonds. The van der Waals surface area contributed by atoms with Crippen LogP contribution in [0.4, 0.5) is 4.39 Å². The van der Waals surface area contributed by atoms with Crippen molar-refractivity contribution in [1.82, 2.24) is 10.7 Å². The highest BCUT2D eigenvalue weighted by Gasteiger charge is 2.24. The van der Waals surface area contributed by atoms with Gasteiger partial charge in [0.25, 0.3) is 11.8 Å². The Balaban J connectivity index is 2.06. The second-order valence-electron chi connectivity index (χ2n) is 6.97. The molecule has 0 aliphatic heterocycles. The van der Waals surface area contributed by atoms with Crippen molar-refractivity contribution < 1.29 is 18.7 Å². The molecule has 160 valence electrons. The number of nitrogens with zero attached hydrogens (tertiary/aromatic N) is 1. The number of hydrogen-bond donors (Lipinski definition) is 2. The maximum absolute atomic E-state index is 13.0. The molecule has 0 bridgehead atoms. The average molecular weight is 478 g/mol. The first-order valence-corrected chi connectivity index (χ1v) is 10.4. The zero-order valence-corrected chi connectivity index (χ0v) is 18.7. The molecule has 0 heterocycles. The van der Waals surface area contributed by atoms with Gasteiger partial charge in [0.05, 0.1) is 12.8 Å². The van der Waals surface area contributed by atoms with E-state index in [0.717, 1.165) is 10.9 Å². The van der Waals surface area contributed by atoms with E-state index >= 15 is 0 Å². The first kappa shape index (κ1) is 23.5. The van der Waals surface area contributed by atoms with Crippen LogP contribution in [0.5, 0.6) is 5.75 Å². The van der Waals surface area contributed by atoms with E-state index in [-0.39, 0.29) is 11.5 Å². The lowest BCUT2D eigenvalue weighted by Gasteiger charge is -2.20. The molecule has 0 saturated heterocycles. The third kappa shape index (κ3) is 6.95. The second-order valence-corrected chi connectivity index (χ2v) is 7.88. The molecule has 0 aliphatic carbocycles. The Morgan fingerprint density at radius 3 is 2.53 bits per heavy atom. The van der Waals surface area contributed by atoms with E-state index in [1.165, 1.54) is 30.5 Å². The highest BCUT2D eigenvalue weighted by molar-refractivity contribution is 9.10. The number of ether oxygens (including phenoxy) is 1. The molecule has 1 unspecified atom stereocenters. The van der Waals surface area contributed by atoms with E-state index in [1.54, 1.807) is 0 Å². The molecule has 0 aliphatic rings. The number of carbonyl (C=O) groups excluding carboxylic acids is 2. The number of amides is 2. The molecule has 1 atom stereocenters. The van der Waals surface area contributed by atoms with Crippen molar-refractivity contribution in [3.8, 4) is 5.75 Å². The molecule has 2 rings (SSSR count). The van der Waals surface area contributed by atoms with Gasteiger partial charge in [0, 0.05) is 15.6 Å². The zero-order valence-electron chi connectivity index (χ0n) is 17.1. The Hall–Kier alpha value is -2.74. The Labute approximate surface area is 184 Å². The molecule has 2 N–H and O–H groups in total. The van der Waals surface area contributed by atoms with Crippen molar-refractivity contribution in [2.24, 2.45) is 11.0 Å². The molecule has 0 aromatic heterocycles. The van der Waals surface area contributed by atoms with Crippen LogP contribution < -0.4 is 15.5 Å². The molecule has 8 heteroatoms. The van der Waals surface area contributed by atoms with Crippen LogP contribution in [0.1, 0.15) is 43.1 Å². The van der Waals surface area contributed by atoms with Crippen LogP contribution >= 0.6 is 15.9 Å². The van der Waals surface area contributed by atoms with Gasteiger partial charge in [0.15, 0.2) is 0 Å². The van der Waals surface area contributed by atoms with Gasteiger partial charge in [0.1, 0.15) is 17.6 Å². The summed E-state index contributed by atoms with van der Waals surface area (Å²) in [6, 6.07) is 9.82. The van der Waals surface area contributed by atoms with Crippen molar-refractivity contribution in [2.75, 3.05) is 6.61 Å².